The van der Waals surface area contributed by atoms with E-state index >= 15 is 0 Å². The minimum atomic E-state index is -1.02. The first-order chi connectivity index (χ1) is 11.6. The predicted octanol–water partition coefficient (Wildman–Crippen LogP) is 3.20. The fourth-order valence-electron chi connectivity index (χ4n) is 2.86. The summed E-state index contributed by atoms with van der Waals surface area (Å²) >= 11 is 0. The van der Waals surface area contributed by atoms with Gasteiger partial charge in [-0.25, -0.2) is 0 Å². The monoisotopic (exact) mass is 335 g/mol. The Morgan fingerprint density at radius 1 is 1.04 bits per heavy atom. The summed E-state index contributed by atoms with van der Waals surface area (Å²) in [6.45, 7) is 3.42. The first-order valence-corrected chi connectivity index (χ1v) is 9.20. The third-order valence-electron chi connectivity index (χ3n) is 4.37. The topological polar surface area (TPSA) is 69.6 Å². The van der Waals surface area contributed by atoms with Crippen LogP contribution in [0.4, 0.5) is 0 Å². The number of benzene rings is 1. The summed E-state index contributed by atoms with van der Waals surface area (Å²) in [6.07, 6.45) is 8.42. The molecule has 1 aromatic rings. The molecule has 1 aromatic carbocycles. The van der Waals surface area contributed by atoms with Crippen molar-refractivity contribution in [3.63, 3.8) is 0 Å². The highest BCUT2D eigenvalue weighted by molar-refractivity contribution is 5.73. The highest BCUT2D eigenvalue weighted by Gasteiger charge is 2.19. The molecule has 24 heavy (non-hydrogen) atoms. The second-order valence-electron chi connectivity index (χ2n) is 6.63. The lowest BCUT2D eigenvalue weighted by atomic mass is 9.96. The number of aryl methyl sites for hydroxylation is 1. The van der Waals surface area contributed by atoms with E-state index in [1.807, 2.05) is 0 Å². The lowest BCUT2D eigenvalue weighted by molar-refractivity contribution is -0.123. The van der Waals surface area contributed by atoms with Crippen LogP contribution in [-0.2, 0) is 17.6 Å². The van der Waals surface area contributed by atoms with Gasteiger partial charge in [0, 0.05) is 12.8 Å². The van der Waals surface area contributed by atoms with Crippen molar-refractivity contribution in [2.24, 2.45) is 5.92 Å². The molecule has 0 saturated heterocycles. The summed E-state index contributed by atoms with van der Waals surface area (Å²) < 4.78 is 0. The van der Waals surface area contributed by atoms with Crippen molar-refractivity contribution in [1.29, 1.82) is 0 Å². The van der Waals surface area contributed by atoms with Crippen LogP contribution in [-0.4, -0.2) is 29.0 Å². The Morgan fingerprint density at radius 3 is 2.21 bits per heavy atom. The normalized spacial score (nSPS) is 13.5. The van der Waals surface area contributed by atoms with Crippen LogP contribution in [0.25, 0.3) is 0 Å². The van der Waals surface area contributed by atoms with E-state index in [0.717, 1.165) is 12.0 Å². The van der Waals surface area contributed by atoms with Crippen LogP contribution >= 0.6 is 0 Å². The molecule has 136 valence electrons. The Kier molecular flexibility index (Phi) is 10.4. The molecule has 4 heteroatoms. The minimum Gasteiger partial charge on any atom is -0.396 e. The molecule has 3 N–H and O–H groups in total. The number of rotatable bonds is 12. The van der Waals surface area contributed by atoms with Crippen molar-refractivity contribution >= 4 is 5.91 Å². The standard InChI is InChI=1S/C20H33NO3/c1-3-4-5-6-7-8-9-17-10-12-18(13-11-17)14-19(15-22)20(24)21-16(2)23/h10-13,19-20,22,24H,3-9,14-15H2,1-2H3,(H,21,23). The lowest BCUT2D eigenvalue weighted by Gasteiger charge is -2.21. The summed E-state index contributed by atoms with van der Waals surface area (Å²) in [6, 6.07) is 8.35. The number of nitrogens with one attached hydrogen (secondary N) is 1. The van der Waals surface area contributed by atoms with Gasteiger partial charge in [0.1, 0.15) is 6.23 Å². The zero-order valence-electron chi connectivity index (χ0n) is 15.1. The zero-order valence-corrected chi connectivity index (χ0v) is 15.1. The largest absolute Gasteiger partial charge is 0.396 e. The number of hydrogen-bond donors (Lipinski definition) is 3. The Bertz CT molecular complexity index is 458. The van der Waals surface area contributed by atoms with Gasteiger partial charge in [0.15, 0.2) is 0 Å². The number of carbonyl (C=O) groups excluding carboxylic acids is 1. The van der Waals surface area contributed by atoms with E-state index < -0.39 is 12.1 Å². The van der Waals surface area contributed by atoms with Crippen molar-refractivity contribution in [2.45, 2.75) is 71.4 Å². The molecule has 1 amide bonds. The molecule has 1 rings (SSSR count). The summed E-state index contributed by atoms with van der Waals surface area (Å²) in [4.78, 5) is 11.0. The van der Waals surface area contributed by atoms with Crippen molar-refractivity contribution in [2.75, 3.05) is 6.61 Å². The summed E-state index contributed by atoms with van der Waals surface area (Å²) in [7, 11) is 0. The van der Waals surface area contributed by atoms with E-state index in [2.05, 4.69) is 36.5 Å². The predicted molar refractivity (Wildman–Crippen MR) is 97.6 cm³/mol. The molecule has 0 bridgehead atoms. The molecule has 0 heterocycles. The molecule has 4 nitrogen and oxygen atoms in total. The van der Waals surface area contributed by atoms with Gasteiger partial charge in [-0.1, -0.05) is 63.3 Å². The molecular weight excluding hydrogens is 302 g/mol. The first-order valence-electron chi connectivity index (χ1n) is 9.20. The maximum Gasteiger partial charge on any atom is 0.218 e. The summed E-state index contributed by atoms with van der Waals surface area (Å²) in [5.74, 6) is -0.687. The highest BCUT2D eigenvalue weighted by atomic mass is 16.3. The van der Waals surface area contributed by atoms with E-state index in [9.17, 15) is 15.0 Å². The third-order valence-corrected chi connectivity index (χ3v) is 4.37. The van der Waals surface area contributed by atoms with Gasteiger partial charge in [0.2, 0.25) is 5.91 Å². The summed E-state index contributed by atoms with van der Waals surface area (Å²) in [5, 5.41) is 21.8. The van der Waals surface area contributed by atoms with Crippen LogP contribution in [0.1, 0.15) is 63.5 Å². The van der Waals surface area contributed by atoms with Crippen LogP contribution in [0.15, 0.2) is 24.3 Å². The Balaban J connectivity index is 2.38. The molecule has 0 fully saturated rings. The second kappa shape index (κ2) is 12.0. The van der Waals surface area contributed by atoms with E-state index in [0.29, 0.717) is 6.42 Å². The minimum absolute atomic E-state index is 0.166. The van der Waals surface area contributed by atoms with Crippen molar-refractivity contribution in [3.05, 3.63) is 35.4 Å². The van der Waals surface area contributed by atoms with Crippen LogP contribution < -0.4 is 5.32 Å². The maximum absolute atomic E-state index is 11.0. The lowest BCUT2D eigenvalue weighted by Crippen LogP contribution is -2.41. The second-order valence-corrected chi connectivity index (χ2v) is 6.63. The Labute approximate surface area is 146 Å². The number of aliphatic hydroxyl groups excluding tert-OH is 2. The molecule has 2 unspecified atom stereocenters. The van der Waals surface area contributed by atoms with E-state index in [1.165, 1.54) is 51.0 Å². The zero-order chi connectivity index (χ0) is 17.8. The average molecular weight is 335 g/mol. The number of carbonyl (C=O) groups is 1. The van der Waals surface area contributed by atoms with Gasteiger partial charge < -0.3 is 15.5 Å². The average Bonchev–Trinajstić information content (AvgIpc) is 2.56. The van der Waals surface area contributed by atoms with Crippen LogP contribution in [0.2, 0.25) is 0 Å². The SMILES string of the molecule is CCCCCCCCc1ccc(CC(CO)C(O)NC(C)=O)cc1. The van der Waals surface area contributed by atoms with Gasteiger partial charge in [0.25, 0.3) is 0 Å². The fraction of sp³-hybridized carbons (Fsp3) is 0.650. The van der Waals surface area contributed by atoms with Crippen LogP contribution in [0.5, 0.6) is 0 Å². The molecule has 0 spiro atoms. The van der Waals surface area contributed by atoms with Gasteiger partial charge in [-0.15, -0.1) is 0 Å². The number of amides is 1. The van der Waals surface area contributed by atoms with Gasteiger partial charge in [-0.2, -0.15) is 0 Å². The molecule has 0 aliphatic carbocycles. The van der Waals surface area contributed by atoms with Crippen LogP contribution in [0.3, 0.4) is 0 Å². The van der Waals surface area contributed by atoms with Crippen molar-refractivity contribution < 1.29 is 15.0 Å². The van der Waals surface area contributed by atoms with E-state index in [4.69, 9.17) is 0 Å². The summed E-state index contributed by atoms with van der Waals surface area (Å²) in [5.41, 5.74) is 2.39. The van der Waals surface area contributed by atoms with E-state index in [1.54, 1.807) is 0 Å². The Morgan fingerprint density at radius 2 is 1.62 bits per heavy atom. The third kappa shape index (κ3) is 8.46. The molecule has 0 saturated carbocycles. The van der Waals surface area contributed by atoms with Gasteiger partial charge in [-0.05, 0) is 30.4 Å². The first kappa shape index (κ1) is 20.7. The number of aliphatic hydroxyl groups is 2. The van der Waals surface area contributed by atoms with Crippen LogP contribution in [0, 0.1) is 5.92 Å². The smallest absolute Gasteiger partial charge is 0.218 e. The molecule has 0 radical (unpaired) electrons. The molecule has 0 aliphatic rings. The molecule has 0 aliphatic heterocycles. The highest BCUT2D eigenvalue weighted by Crippen LogP contribution is 2.15. The van der Waals surface area contributed by atoms with E-state index in [-0.39, 0.29) is 12.5 Å². The van der Waals surface area contributed by atoms with Gasteiger partial charge >= 0.3 is 0 Å². The molecular formula is C20H33NO3. The maximum atomic E-state index is 11.0. The molecule has 2 atom stereocenters. The number of hydrogen-bond acceptors (Lipinski definition) is 3. The Hall–Kier alpha value is -1.39. The van der Waals surface area contributed by atoms with Crippen molar-refractivity contribution in [3.8, 4) is 0 Å². The fourth-order valence-corrected chi connectivity index (χ4v) is 2.86. The number of unbranched alkanes of at least 4 members (excludes halogenated alkanes) is 5. The van der Waals surface area contributed by atoms with Gasteiger partial charge in [-0.3, -0.25) is 4.79 Å². The quantitative estimate of drug-likeness (QED) is 0.406. The van der Waals surface area contributed by atoms with Crippen molar-refractivity contribution in [1.82, 2.24) is 5.32 Å². The molecule has 0 aromatic heterocycles. The van der Waals surface area contributed by atoms with Gasteiger partial charge in [0.05, 0.1) is 6.61 Å².